The molecule has 2 aromatic carbocycles. The zero-order chi connectivity index (χ0) is 29.9. The van der Waals surface area contributed by atoms with Gasteiger partial charge in [0.15, 0.2) is 0 Å². The Balaban J connectivity index is 1.33. The predicted molar refractivity (Wildman–Crippen MR) is 149 cm³/mol. The van der Waals surface area contributed by atoms with E-state index in [1.807, 2.05) is 18.2 Å². The molecule has 2 aromatic rings. The van der Waals surface area contributed by atoms with E-state index in [1.54, 1.807) is 18.0 Å². The topological polar surface area (TPSA) is 68.3 Å². The first-order chi connectivity index (χ1) is 20.0. The molecule has 7 nitrogen and oxygen atoms in total. The molecule has 2 bridgehead atoms. The first-order valence-electron chi connectivity index (χ1n) is 14.1. The summed E-state index contributed by atoms with van der Waals surface area (Å²) in [6.07, 6.45) is 1.97. The summed E-state index contributed by atoms with van der Waals surface area (Å²) >= 11 is 0. The SMILES string of the molecule is C=CCN1CC[C@]23c4c5cccc4O[C@H]2[C@H](N(C)C(=O)C=Cc2cccc(OC(F)(F)F)c2)CC[C@@]3(OC(C)=O)[C@H]1C5. The third-order valence-corrected chi connectivity index (χ3v) is 9.44. The number of nitrogens with zero attached hydrogens (tertiary/aromatic N) is 2. The van der Waals surface area contributed by atoms with Gasteiger partial charge in [-0.15, -0.1) is 19.8 Å². The summed E-state index contributed by atoms with van der Waals surface area (Å²) in [6, 6.07) is 11.1. The molecule has 222 valence electrons. The fourth-order valence-electron chi connectivity index (χ4n) is 8.05. The number of alkyl halides is 3. The number of halogens is 3. The number of esters is 1. The molecule has 1 saturated carbocycles. The molecule has 1 spiro atoms. The summed E-state index contributed by atoms with van der Waals surface area (Å²) in [5.41, 5.74) is 1.21. The van der Waals surface area contributed by atoms with E-state index in [0.29, 0.717) is 31.4 Å². The summed E-state index contributed by atoms with van der Waals surface area (Å²) < 4.78 is 55.1. The molecule has 0 unspecified atom stereocenters. The zero-order valence-electron chi connectivity index (χ0n) is 23.5. The molecule has 0 aromatic heterocycles. The molecule has 6 rings (SSSR count). The zero-order valence-corrected chi connectivity index (χ0v) is 23.5. The van der Waals surface area contributed by atoms with Gasteiger partial charge in [0, 0.05) is 38.7 Å². The van der Waals surface area contributed by atoms with E-state index in [9.17, 15) is 22.8 Å². The van der Waals surface area contributed by atoms with Gasteiger partial charge in [-0.05, 0) is 61.1 Å². The Morgan fingerprint density at radius 1 is 1.21 bits per heavy atom. The fourth-order valence-corrected chi connectivity index (χ4v) is 8.05. The van der Waals surface area contributed by atoms with Gasteiger partial charge in [0.1, 0.15) is 23.2 Å². The van der Waals surface area contributed by atoms with Crippen LogP contribution in [0, 0.1) is 0 Å². The molecule has 2 fully saturated rings. The van der Waals surface area contributed by atoms with Crippen LogP contribution in [0.2, 0.25) is 0 Å². The molecule has 10 heteroatoms. The lowest BCUT2D eigenvalue weighted by atomic mass is 9.48. The Bertz CT molecular complexity index is 1460. The van der Waals surface area contributed by atoms with Gasteiger partial charge in [-0.2, -0.15) is 0 Å². The molecule has 4 aliphatic rings. The Hall–Kier alpha value is -3.79. The van der Waals surface area contributed by atoms with Crippen LogP contribution in [0.5, 0.6) is 11.5 Å². The van der Waals surface area contributed by atoms with Gasteiger partial charge >= 0.3 is 12.3 Å². The molecular weight excluding hydrogens is 549 g/mol. The Kier molecular flexibility index (Phi) is 6.87. The predicted octanol–water partition coefficient (Wildman–Crippen LogP) is 5.04. The van der Waals surface area contributed by atoms with Crippen LogP contribution < -0.4 is 9.47 Å². The lowest BCUT2D eigenvalue weighted by Crippen LogP contribution is -2.79. The van der Waals surface area contributed by atoms with Crippen LogP contribution in [0.25, 0.3) is 6.08 Å². The Labute approximate surface area is 242 Å². The van der Waals surface area contributed by atoms with E-state index in [4.69, 9.17) is 9.47 Å². The average Bonchev–Trinajstić information content (AvgIpc) is 3.26. The number of hydrogen-bond acceptors (Lipinski definition) is 6. The Morgan fingerprint density at radius 2 is 2.00 bits per heavy atom. The van der Waals surface area contributed by atoms with E-state index in [1.165, 1.54) is 42.8 Å². The van der Waals surface area contributed by atoms with Crippen molar-refractivity contribution in [2.75, 3.05) is 20.1 Å². The molecule has 1 amide bonds. The standard InChI is InChI=1S/C32H33F3N2O5/c1-4-16-37-17-15-30-28-22-8-6-10-25(28)40-29(30)24(13-14-31(30,26(37)19-22)41-20(2)38)36(3)27(39)12-11-21-7-5-9-23(18-21)42-32(33,34)35/h4-12,18,24,26,29H,1,13-17,19H2,2-3H3/t24-,26-,29+,30+,31-/m1/s1. The molecule has 0 N–H and O–H groups in total. The number of rotatable bonds is 7. The van der Waals surface area contributed by atoms with Gasteiger partial charge < -0.3 is 19.1 Å². The molecule has 2 aliphatic heterocycles. The monoisotopic (exact) mass is 582 g/mol. The third-order valence-electron chi connectivity index (χ3n) is 9.44. The lowest BCUT2D eigenvalue weighted by Gasteiger charge is -2.65. The van der Waals surface area contributed by atoms with Crippen LogP contribution in [-0.4, -0.2) is 72.0 Å². The maximum Gasteiger partial charge on any atom is 0.573 e. The van der Waals surface area contributed by atoms with E-state index in [-0.39, 0.29) is 29.7 Å². The molecule has 5 atom stereocenters. The van der Waals surface area contributed by atoms with E-state index < -0.39 is 23.5 Å². The molecule has 2 heterocycles. The summed E-state index contributed by atoms with van der Waals surface area (Å²) in [5, 5.41) is 0. The van der Waals surface area contributed by atoms with Crippen LogP contribution in [-0.2, 0) is 26.2 Å². The minimum atomic E-state index is -4.81. The number of carbonyl (C=O) groups is 2. The smallest absolute Gasteiger partial charge is 0.487 e. The van der Waals surface area contributed by atoms with Crippen LogP contribution in [0.1, 0.15) is 42.9 Å². The minimum absolute atomic E-state index is 0.0619. The fraction of sp³-hybridized carbons (Fsp3) is 0.438. The first-order valence-corrected chi connectivity index (χ1v) is 14.1. The summed E-state index contributed by atoms with van der Waals surface area (Å²) in [6.45, 7) is 6.84. The summed E-state index contributed by atoms with van der Waals surface area (Å²) in [4.78, 5) is 30.2. The highest BCUT2D eigenvalue weighted by Gasteiger charge is 2.75. The van der Waals surface area contributed by atoms with Crippen molar-refractivity contribution in [1.82, 2.24) is 9.80 Å². The van der Waals surface area contributed by atoms with Crippen LogP contribution in [0.15, 0.2) is 61.2 Å². The van der Waals surface area contributed by atoms with Crippen molar-refractivity contribution in [3.63, 3.8) is 0 Å². The van der Waals surface area contributed by atoms with Crippen molar-refractivity contribution >= 4 is 18.0 Å². The van der Waals surface area contributed by atoms with E-state index in [2.05, 4.69) is 22.3 Å². The van der Waals surface area contributed by atoms with Crippen molar-refractivity contribution in [1.29, 1.82) is 0 Å². The number of benzene rings is 2. The highest BCUT2D eigenvalue weighted by molar-refractivity contribution is 5.92. The minimum Gasteiger partial charge on any atom is -0.487 e. The normalized spacial score (nSPS) is 29.4. The van der Waals surface area contributed by atoms with Gasteiger partial charge in [0.2, 0.25) is 5.91 Å². The van der Waals surface area contributed by atoms with Crippen molar-refractivity contribution in [2.24, 2.45) is 0 Å². The van der Waals surface area contributed by atoms with Gasteiger partial charge in [-0.3, -0.25) is 14.5 Å². The van der Waals surface area contributed by atoms with Crippen molar-refractivity contribution in [3.05, 3.63) is 77.9 Å². The maximum absolute atomic E-state index is 13.5. The van der Waals surface area contributed by atoms with Gasteiger partial charge in [0.25, 0.3) is 0 Å². The molecule has 1 saturated heterocycles. The van der Waals surface area contributed by atoms with Crippen molar-refractivity contribution < 1.29 is 37.0 Å². The number of hydrogen-bond donors (Lipinski definition) is 0. The number of likely N-dealkylation sites (tertiary alicyclic amines) is 1. The summed E-state index contributed by atoms with van der Waals surface area (Å²) in [5.74, 6) is -0.237. The van der Waals surface area contributed by atoms with Crippen LogP contribution in [0.4, 0.5) is 13.2 Å². The lowest BCUT2D eigenvalue weighted by molar-refractivity contribution is -0.274. The van der Waals surface area contributed by atoms with E-state index in [0.717, 1.165) is 24.3 Å². The van der Waals surface area contributed by atoms with Crippen LogP contribution >= 0.6 is 0 Å². The molecule has 0 radical (unpaired) electrons. The largest absolute Gasteiger partial charge is 0.573 e. The highest BCUT2D eigenvalue weighted by Crippen LogP contribution is 2.65. The second-order valence-corrected chi connectivity index (χ2v) is 11.5. The van der Waals surface area contributed by atoms with E-state index >= 15 is 0 Å². The highest BCUT2D eigenvalue weighted by atomic mass is 19.4. The molecule has 2 aliphatic carbocycles. The summed E-state index contributed by atoms with van der Waals surface area (Å²) in [7, 11) is 1.72. The quantitative estimate of drug-likeness (QED) is 0.259. The maximum atomic E-state index is 13.5. The number of piperidine rings is 1. The first kappa shape index (κ1) is 28.3. The molecule has 42 heavy (non-hydrogen) atoms. The number of likely N-dealkylation sites (N-methyl/N-ethyl adjacent to an activating group) is 1. The number of carbonyl (C=O) groups excluding carboxylic acids is 2. The van der Waals surface area contributed by atoms with Gasteiger partial charge in [0.05, 0.1) is 17.5 Å². The second-order valence-electron chi connectivity index (χ2n) is 11.5. The van der Waals surface area contributed by atoms with Crippen molar-refractivity contribution in [2.45, 2.75) is 68.2 Å². The van der Waals surface area contributed by atoms with Gasteiger partial charge in [-0.25, -0.2) is 0 Å². The number of amides is 1. The van der Waals surface area contributed by atoms with Gasteiger partial charge in [-0.1, -0.05) is 30.3 Å². The number of ether oxygens (including phenoxy) is 3. The van der Waals surface area contributed by atoms with Crippen molar-refractivity contribution in [3.8, 4) is 11.5 Å². The Morgan fingerprint density at radius 3 is 2.74 bits per heavy atom. The molecular formula is C32H33F3N2O5. The third kappa shape index (κ3) is 4.38. The average molecular weight is 583 g/mol. The van der Waals surface area contributed by atoms with Crippen LogP contribution in [0.3, 0.4) is 0 Å². The second kappa shape index (κ2) is 10.2.